The third-order valence-electron chi connectivity index (χ3n) is 2.94. The molecule has 2 unspecified atom stereocenters. The maximum absolute atomic E-state index is 11.4. The van der Waals surface area contributed by atoms with Gasteiger partial charge >= 0.3 is 0 Å². The first-order valence-corrected chi connectivity index (χ1v) is 6.53. The van der Waals surface area contributed by atoms with Crippen LogP contribution in [0.2, 0.25) is 0 Å². The normalized spacial score (nSPS) is 28.5. The van der Waals surface area contributed by atoms with E-state index < -0.39 is 9.84 Å². The van der Waals surface area contributed by atoms with Crippen molar-refractivity contribution in [3.8, 4) is 0 Å². The number of hydrogen-bond acceptors (Lipinski definition) is 3. The first-order valence-electron chi connectivity index (χ1n) is 4.81. The van der Waals surface area contributed by atoms with Crippen molar-refractivity contribution in [3.63, 3.8) is 0 Å². The Balaban J connectivity index is 2.66. The summed E-state index contributed by atoms with van der Waals surface area (Å²) in [6, 6.07) is 0. The van der Waals surface area contributed by atoms with E-state index >= 15 is 0 Å². The summed E-state index contributed by atoms with van der Waals surface area (Å²) >= 11 is 0. The lowest BCUT2D eigenvalue weighted by Gasteiger charge is -2.35. The van der Waals surface area contributed by atoms with Crippen LogP contribution in [0.25, 0.3) is 0 Å². The van der Waals surface area contributed by atoms with Gasteiger partial charge in [0.05, 0.1) is 11.0 Å². The van der Waals surface area contributed by atoms with Crippen LogP contribution in [0.15, 0.2) is 0 Å². The van der Waals surface area contributed by atoms with Crippen molar-refractivity contribution < 1.29 is 13.5 Å². The van der Waals surface area contributed by atoms with Crippen LogP contribution < -0.4 is 0 Å². The number of sulfone groups is 1. The fraction of sp³-hybridized carbons (Fsp3) is 1.00. The molecular formula is C9H18O3S. The molecule has 0 bridgehead atoms. The van der Waals surface area contributed by atoms with Gasteiger partial charge in [0.15, 0.2) is 9.84 Å². The second-order valence-electron chi connectivity index (χ2n) is 4.11. The van der Waals surface area contributed by atoms with Crippen LogP contribution in [-0.4, -0.2) is 31.1 Å². The Bertz CT molecular complexity index is 256. The van der Waals surface area contributed by atoms with E-state index in [1.54, 1.807) is 0 Å². The summed E-state index contributed by atoms with van der Waals surface area (Å²) < 4.78 is 22.7. The minimum Gasteiger partial charge on any atom is -0.396 e. The van der Waals surface area contributed by atoms with Gasteiger partial charge in [-0.25, -0.2) is 8.42 Å². The highest BCUT2D eigenvalue weighted by atomic mass is 32.2. The van der Waals surface area contributed by atoms with Crippen LogP contribution in [0.4, 0.5) is 0 Å². The van der Waals surface area contributed by atoms with Crippen LogP contribution in [0.3, 0.4) is 0 Å². The molecule has 78 valence electrons. The van der Waals surface area contributed by atoms with E-state index in [1.165, 1.54) is 0 Å². The van der Waals surface area contributed by atoms with Gasteiger partial charge in [0.2, 0.25) is 0 Å². The lowest BCUT2D eigenvalue weighted by Crippen LogP contribution is -2.44. The van der Waals surface area contributed by atoms with Crippen molar-refractivity contribution in [1.29, 1.82) is 0 Å². The quantitative estimate of drug-likeness (QED) is 0.741. The van der Waals surface area contributed by atoms with Crippen molar-refractivity contribution in [2.24, 2.45) is 11.8 Å². The summed E-state index contributed by atoms with van der Waals surface area (Å²) in [6.07, 6.45) is 1.40. The fourth-order valence-electron chi connectivity index (χ4n) is 2.02. The first kappa shape index (κ1) is 11.0. The van der Waals surface area contributed by atoms with Crippen molar-refractivity contribution >= 4 is 9.84 Å². The molecule has 1 fully saturated rings. The van der Waals surface area contributed by atoms with Crippen LogP contribution in [0.1, 0.15) is 26.7 Å². The summed E-state index contributed by atoms with van der Waals surface area (Å²) in [5, 5.41) is 8.65. The molecule has 0 saturated carbocycles. The molecule has 1 rings (SSSR count). The van der Waals surface area contributed by atoms with Crippen LogP contribution >= 0.6 is 0 Å². The molecule has 1 N–H and O–H groups in total. The summed E-state index contributed by atoms with van der Waals surface area (Å²) in [7, 11) is -2.80. The third kappa shape index (κ3) is 2.23. The molecule has 1 aliphatic heterocycles. The molecule has 0 aliphatic carbocycles. The van der Waals surface area contributed by atoms with Gasteiger partial charge in [-0.3, -0.25) is 0 Å². The molecule has 1 aliphatic rings. The van der Waals surface area contributed by atoms with E-state index in [1.807, 2.05) is 13.8 Å². The second kappa shape index (κ2) is 3.96. The number of hydrogen-bond donors (Lipinski definition) is 1. The first-order chi connectivity index (χ1) is 5.99. The van der Waals surface area contributed by atoms with Crippen LogP contribution in [0.5, 0.6) is 0 Å². The monoisotopic (exact) mass is 206 g/mol. The largest absolute Gasteiger partial charge is 0.396 e. The smallest absolute Gasteiger partial charge is 0.153 e. The summed E-state index contributed by atoms with van der Waals surface area (Å²) in [5.41, 5.74) is 0. The molecule has 0 aromatic carbocycles. The molecule has 0 amide bonds. The van der Waals surface area contributed by atoms with E-state index in [2.05, 4.69) is 0 Å². The molecule has 0 aromatic heterocycles. The minimum atomic E-state index is -2.80. The Morgan fingerprint density at radius 2 is 2.08 bits per heavy atom. The molecule has 0 aromatic rings. The van der Waals surface area contributed by atoms with E-state index in [9.17, 15) is 8.42 Å². The van der Waals surface area contributed by atoms with Crippen LogP contribution in [-0.2, 0) is 9.84 Å². The van der Waals surface area contributed by atoms with Gasteiger partial charge in [-0.2, -0.15) is 0 Å². The number of aliphatic hydroxyl groups excluding tert-OH is 1. The van der Waals surface area contributed by atoms with Gasteiger partial charge in [-0.05, 0) is 24.7 Å². The lowest BCUT2D eigenvalue weighted by atomic mass is 9.88. The number of rotatable bonds is 4. The Labute approximate surface area is 80.1 Å². The van der Waals surface area contributed by atoms with Crippen molar-refractivity contribution in [3.05, 3.63) is 0 Å². The highest BCUT2D eigenvalue weighted by Gasteiger charge is 2.41. The summed E-state index contributed by atoms with van der Waals surface area (Å²) in [4.78, 5) is 0. The summed E-state index contributed by atoms with van der Waals surface area (Å²) in [5.74, 6) is 0.822. The van der Waals surface area contributed by atoms with Crippen molar-refractivity contribution in [2.75, 3.05) is 12.4 Å². The standard InChI is InChI=1S/C9H18O3S/c1-7(2)8(3-5-10)9-4-6-13(9,11)12/h7-10H,3-6H2,1-2H3. The zero-order valence-electron chi connectivity index (χ0n) is 8.23. The van der Waals surface area contributed by atoms with Gasteiger partial charge in [-0.15, -0.1) is 0 Å². The second-order valence-corrected chi connectivity index (χ2v) is 6.45. The summed E-state index contributed by atoms with van der Waals surface area (Å²) in [6.45, 7) is 4.14. The van der Waals surface area contributed by atoms with E-state index in [4.69, 9.17) is 5.11 Å². The molecule has 13 heavy (non-hydrogen) atoms. The van der Waals surface area contributed by atoms with E-state index in [0.717, 1.165) is 6.42 Å². The topological polar surface area (TPSA) is 54.4 Å². The van der Waals surface area contributed by atoms with Crippen molar-refractivity contribution in [2.45, 2.75) is 31.9 Å². The molecule has 0 spiro atoms. The zero-order chi connectivity index (χ0) is 10.1. The van der Waals surface area contributed by atoms with E-state index in [-0.39, 0.29) is 17.8 Å². The van der Waals surface area contributed by atoms with Crippen molar-refractivity contribution in [1.82, 2.24) is 0 Å². The molecule has 0 radical (unpaired) electrons. The van der Waals surface area contributed by atoms with Gasteiger partial charge < -0.3 is 5.11 Å². The highest BCUT2D eigenvalue weighted by Crippen LogP contribution is 2.33. The SMILES string of the molecule is CC(C)C(CCO)C1CCS1(=O)=O. The average molecular weight is 206 g/mol. The van der Waals surface area contributed by atoms with E-state index in [0.29, 0.717) is 18.1 Å². The highest BCUT2D eigenvalue weighted by molar-refractivity contribution is 7.93. The Morgan fingerprint density at radius 3 is 2.31 bits per heavy atom. The Hall–Kier alpha value is -0.0900. The van der Waals surface area contributed by atoms with Crippen LogP contribution in [0, 0.1) is 11.8 Å². The molecular weight excluding hydrogens is 188 g/mol. The lowest BCUT2D eigenvalue weighted by molar-refractivity contribution is 0.220. The van der Waals surface area contributed by atoms with Gasteiger partial charge in [0, 0.05) is 6.61 Å². The van der Waals surface area contributed by atoms with Gasteiger partial charge in [0.1, 0.15) is 0 Å². The molecule has 3 nitrogen and oxygen atoms in total. The zero-order valence-corrected chi connectivity index (χ0v) is 9.05. The predicted octanol–water partition coefficient (Wildman–Crippen LogP) is 0.828. The van der Waals surface area contributed by atoms with Gasteiger partial charge in [0.25, 0.3) is 0 Å². The third-order valence-corrected chi connectivity index (χ3v) is 5.26. The maximum atomic E-state index is 11.4. The molecule has 2 atom stereocenters. The minimum absolute atomic E-state index is 0.0921. The molecule has 4 heteroatoms. The fourth-order valence-corrected chi connectivity index (χ4v) is 3.90. The molecule has 1 saturated heterocycles. The Morgan fingerprint density at radius 1 is 1.46 bits per heavy atom. The van der Waals surface area contributed by atoms with Gasteiger partial charge in [-0.1, -0.05) is 13.8 Å². The average Bonchev–Trinajstić information content (AvgIpc) is 2.01. The predicted molar refractivity (Wildman–Crippen MR) is 52.2 cm³/mol. The Kier molecular flexibility index (Phi) is 3.35. The molecule has 1 heterocycles. The maximum Gasteiger partial charge on any atom is 0.153 e. The number of aliphatic hydroxyl groups is 1.